The van der Waals surface area contributed by atoms with Gasteiger partial charge in [0.05, 0.1) is 6.07 Å². The van der Waals surface area contributed by atoms with Crippen molar-refractivity contribution >= 4 is 11.9 Å². The van der Waals surface area contributed by atoms with E-state index in [0.29, 0.717) is 0 Å². The molecule has 1 fully saturated rings. The van der Waals surface area contributed by atoms with Crippen LogP contribution in [0.2, 0.25) is 0 Å². The number of rotatable bonds is 5. The first-order valence-electron chi connectivity index (χ1n) is 4.55. The predicted molar refractivity (Wildman–Crippen MR) is 47.1 cm³/mol. The SMILES string of the molecule is N#CCC[C@@H](NC(=O)C1CC1)C(=O)O. The van der Waals surface area contributed by atoms with Gasteiger partial charge in [0.1, 0.15) is 6.04 Å². The number of carboxylic acids is 1. The van der Waals surface area contributed by atoms with Crippen molar-refractivity contribution in [1.82, 2.24) is 5.32 Å². The maximum atomic E-state index is 11.2. The average molecular weight is 196 g/mol. The zero-order valence-corrected chi connectivity index (χ0v) is 7.69. The number of nitrogens with zero attached hydrogens (tertiary/aromatic N) is 1. The molecule has 0 heterocycles. The third kappa shape index (κ3) is 3.05. The van der Waals surface area contributed by atoms with E-state index in [4.69, 9.17) is 10.4 Å². The topological polar surface area (TPSA) is 90.2 Å². The van der Waals surface area contributed by atoms with Gasteiger partial charge in [0.25, 0.3) is 0 Å². The lowest BCUT2D eigenvalue weighted by Gasteiger charge is -2.12. The number of nitriles is 1. The van der Waals surface area contributed by atoms with Crippen molar-refractivity contribution in [2.45, 2.75) is 31.7 Å². The van der Waals surface area contributed by atoms with E-state index in [0.717, 1.165) is 12.8 Å². The van der Waals surface area contributed by atoms with Crippen LogP contribution in [0.5, 0.6) is 0 Å². The highest BCUT2D eigenvalue weighted by atomic mass is 16.4. The van der Waals surface area contributed by atoms with Crippen LogP contribution in [-0.4, -0.2) is 23.0 Å². The third-order valence-electron chi connectivity index (χ3n) is 2.11. The molecule has 1 atom stereocenters. The second-order valence-electron chi connectivity index (χ2n) is 3.37. The predicted octanol–water partition coefficient (Wildman–Crippen LogP) is 0.270. The molecule has 1 aliphatic carbocycles. The van der Waals surface area contributed by atoms with Crippen molar-refractivity contribution in [3.05, 3.63) is 0 Å². The van der Waals surface area contributed by atoms with E-state index in [2.05, 4.69) is 5.32 Å². The van der Waals surface area contributed by atoms with Crippen molar-refractivity contribution in [2.75, 3.05) is 0 Å². The molecule has 5 heteroatoms. The highest BCUT2D eigenvalue weighted by Crippen LogP contribution is 2.28. The van der Waals surface area contributed by atoms with Gasteiger partial charge in [-0.1, -0.05) is 0 Å². The molecule has 14 heavy (non-hydrogen) atoms. The molecule has 0 saturated heterocycles. The lowest BCUT2D eigenvalue weighted by atomic mass is 10.1. The Labute approximate surface area is 81.7 Å². The molecule has 1 rings (SSSR count). The van der Waals surface area contributed by atoms with E-state index in [1.807, 2.05) is 6.07 Å². The van der Waals surface area contributed by atoms with E-state index in [1.165, 1.54) is 0 Å². The zero-order chi connectivity index (χ0) is 10.6. The van der Waals surface area contributed by atoms with Gasteiger partial charge in [0.2, 0.25) is 5.91 Å². The van der Waals surface area contributed by atoms with Gasteiger partial charge >= 0.3 is 5.97 Å². The Morgan fingerprint density at radius 2 is 2.21 bits per heavy atom. The Bertz CT molecular complexity index is 278. The lowest BCUT2D eigenvalue weighted by Crippen LogP contribution is -2.41. The molecular weight excluding hydrogens is 184 g/mol. The molecule has 0 aliphatic heterocycles. The van der Waals surface area contributed by atoms with Crippen LogP contribution in [0.1, 0.15) is 25.7 Å². The summed E-state index contributed by atoms with van der Waals surface area (Å²) in [5.74, 6) is -1.27. The largest absolute Gasteiger partial charge is 0.480 e. The Balaban J connectivity index is 2.38. The molecule has 0 aromatic carbocycles. The summed E-state index contributed by atoms with van der Waals surface area (Å²) < 4.78 is 0. The van der Waals surface area contributed by atoms with Crippen LogP contribution in [0.3, 0.4) is 0 Å². The summed E-state index contributed by atoms with van der Waals surface area (Å²) >= 11 is 0. The first kappa shape index (κ1) is 10.5. The fourth-order valence-corrected chi connectivity index (χ4v) is 1.10. The Morgan fingerprint density at radius 3 is 2.64 bits per heavy atom. The molecular formula is C9H12N2O3. The number of carbonyl (C=O) groups excluding carboxylic acids is 1. The summed E-state index contributed by atoms with van der Waals surface area (Å²) in [4.78, 5) is 21.9. The number of nitrogens with one attached hydrogen (secondary N) is 1. The van der Waals surface area contributed by atoms with E-state index >= 15 is 0 Å². The highest BCUT2D eigenvalue weighted by molar-refractivity contribution is 5.86. The lowest BCUT2D eigenvalue weighted by molar-refractivity contribution is -0.142. The molecule has 0 bridgehead atoms. The summed E-state index contributed by atoms with van der Waals surface area (Å²) in [6.07, 6.45) is 2.00. The normalized spacial score (nSPS) is 16.8. The fourth-order valence-electron chi connectivity index (χ4n) is 1.10. The minimum absolute atomic E-state index is 0.000985. The summed E-state index contributed by atoms with van der Waals surface area (Å²) in [5, 5.41) is 19.4. The molecule has 0 spiro atoms. The maximum absolute atomic E-state index is 11.2. The van der Waals surface area contributed by atoms with Crippen LogP contribution in [-0.2, 0) is 9.59 Å². The molecule has 2 N–H and O–H groups in total. The Hall–Kier alpha value is -1.57. The fraction of sp³-hybridized carbons (Fsp3) is 0.667. The summed E-state index contributed by atoms with van der Waals surface area (Å²) in [6, 6.07) is 0.942. The number of hydrogen-bond acceptors (Lipinski definition) is 3. The van der Waals surface area contributed by atoms with Crippen LogP contribution in [0, 0.1) is 17.2 Å². The van der Waals surface area contributed by atoms with Gasteiger partial charge in [-0.15, -0.1) is 0 Å². The molecule has 0 radical (unpaired) electrons. The first-order chi connectivity index (χ1) is 6.65. The summed E-state index contributed by atoms with van der Waals surface area (Å²) in [5.41, 5.74) is 0. The number of aliphatic carboxylic acids is 1. The smallest absolute Gasteiger partial charge is 0.326 e. The zero-order valence-electron chi connectivity index (χ0n) is 7.69. The maximum Gasteiger partial charge on any atom is 0.326 e. The summed E-state index contributed by atoms with van der Waals surface area (Å²) in [6.45, 7) is 0. The molecule has 0 aromatic rings. The van der Waals surface area contributed by atoms with Gasteiger partial charge in [-0.2, -0.15) is 5.26 Å². The molecule has 1 amide bonds. The van der Waals surface area contributed by atoms with Gasteiger partial charge in [0.15, 0.2) is 0 Å². The van der Waals surface area contributed by atoms with Crippen molar-refractivity contribution in [3.63, 3.8) is 0 Å². The van der Waals surface area contributed by atoms with Crippen molar-refractivity contribution in [1.29, 1.82) is 5.26 Å². The minimum atomic E-state index is -1.07. The standard InChI is InChI=1S/C9H12N2O3/c10-5-1-2-7(9(13)14)11-8(12)6-3-4-6/h6-7H,1-4H2,(H,11,12)(H,13,14)/t7-/m1/s1. The Morgan fingerprint density at radius 1 is 1.57 bits per heavy atom. The first-order valence-corrected chi connectivity index (χ1v) is 4.55. The Kier molecular flexibility index (Phi) is 3.46. The monoisotopic (exact) mass is 196 g/mol. The van der Waals surface area contributed by atoms with Gasteiger partial charge in [0, 0.05) is 12.3 Å². The number of carbonyl (C=O) groups is 2. The van der Waals surface area contributed by atoms with Gasteiger partial charge in [-0.25, -0.2) is 4.79 Å². The number of carboxylic acid groups (broad SMARTS) is 1. The summed E-state index contributed by atoms with van der Waals surface area (Å²) in [7, 11) is 0. The second-order valence-corrected chi connectivity index (χ2v) is 3.37. The van der Waals surface area contributed by atoms with Gasteiger partial charge in [-0.3, -0.25) is 4.79 Å². The van der Waals surface area contributed by atoms with Crippen molar-refractivity contribution < 1.29 is 14.7 Å². The van der Waals surface area contributed by atoms with Crippen LogP contribution in [0.15, 0.2) is 0 Å². The van der Waals surface area contributed by atoms with Crippen LogP contribution in [0.25, 0.3) is 0 Å². The van der Waals surface area contributed by atoms with Crippen molar-refractivity contribution in [3.8, 4) is 6.07 Å². The minimum Gasteiger partial charge on any atom is -0.480 e. The quantitative estimate of drug-likeness (QED) is 0.660. The number of amides is 1. The van der Waals surface area contributed by atoms with E-state index < -0.39 is 12.0 Å². The van der Waals surface area contributed by atoms with Crippen LogP contribution >= 0.6 is 0 Å². The molecule has 5 nitrogen and oxygen atoms in total. The highest BCUT2D eigenvalue weighted by Gasteiger charge is 2.32. The van der Waals surface area contributed by atoms with E-state index in [1.54, 1.807) is 0 Å². The molecule has 1 saturated carbocycles. The van der Waals surface area contributed by atoms with E-state index in [-0.39, 0.29) is 24.7 Å². The third-order valence-corrected chi connectivity index (χ3v) is 2.11. The molecule has 0 aromatic heterocycles. The van der Waals surface area contributed by atoms with Gasteiger partial charge in [-0.05, 0) is 19.3 Å². The van der Waals surface area contributed by atoms with E-state index in [9.17, 15) is 9.59 Å². The molecule has 1 aliphatic rings. The molecule has 76 valence electrons. The second kappa shape index (κ2) is 4.61. The van der Waals surface area contributed by atoms with Crippen molar-refractivity contribution in [2.24, 2.45) is 5.92 Å². The number of hydrogen-bond donors (Lipinski definition) is 2. The molecule has 0 unspecified atom stereocenters. The van der Waals surface area contributed by atoms with Gasteiger partial charge < -0.3 is 10.4 Å². The average Bonchev–Trinajstić information content (AvgIpc) is 2.94. The van der Waals surface area contributed by atoms with Crippen LogP contribution < -0.4 is 5.32 Å². The van der Waals surface area contributed by atoms with Crippen LogP contribution in [0.4, 0.5) is 0 Å².